The number of fused-ring (bicyclic) bond motifs is 2. The van der Waals surface area contributed by atoms with Gasteiger partial charge < -0.3 is 4.90 Å². The lowest BCUT2D eigenvalue weighted by molar-refractivity contribution is 0.206. The molecule has 0 saturated carbocycles. The number of nitrogens with zero attached hydrogens (tertiary/aromatic N) is 7. The van der Waals surface area contributed by atoms with E-state index in [-0.39, 0.29) is 0 Å². The van der Waals surface area contributed by atoms with E-state index in [1.165, 1.54) is 30.6 Å². The number of hydrogen-bond donors (Lipinski definition) is 0. The lowest BCUT2D eigenvalue weighted by Crippen LogP contribution is -2.47. The molecule has 1 aliphatic carbocycles. The molecule has 0 radical (unpaired) electrons. The minimum absolute atomic E-state index is 0.358. The first kappa shape index (κ1) is 22.3. The van der Waals surface area contributed by atoms with Crippen molar-refractivity contribution < 1.29 is 0 Å². The molecule has 1 aliphatic heterocycles. The third-order valence-electron chi connectivity index (χ3n) is 7.20. The number of aromatic nitrogens is 4. The molecule has 2 aliphatic rings. The monoisotopic (exact) mass is 447 g/mol. The lowest BCUT2D eigenvalue weighted by atomic mass is 9.91. The minimum atomic E-state index is 0.358. The number of hydrogen-bond acceptors (Lipinski definition) is 6. The number of aryl methyl sites for hydroxylation is 1. The van der Waals surface area contributed by atoms with Crippen LogP contribution in [0.15, 0.2) is 36.8 Å². The van der Waals surface area contributed by atoms with Crippen LogP contribution in [-0.4, -0.2) is 68.9 Å². The van der Waals surface area contributed by atoms with Gasteiger partial charge in [0.2, 0.25) is 5.95 Å². The standard InChI is InChI=1S/C26H37N7/c1-20(2)10-13-31-14-16-32(17-15-31)26-28-12-9-24-29-22(19-33(24)26)18-30(3)23-8-4-6-21-7-5-11-27-25(21)23/h5,7,9,11-12,19-20,23H,4,6,8,10,13-18H2,1-3H3/t23-/m0/s1. The Labute approximate surface area is 197 Å². The van der Waals surface area contributed by atoms with Crippen molar-refractivity contribution in [3.05, 3.63) is 53.7 Å². The van der Waals surface area contributed by atoms with Gasteiger partial charge in [0, 0.05) is 51.3 Å². The highest BCUT2D eigenvalue weighted by Crippen LogP contribution is 2.32. The van der Waals surface area contributed by atoms with Crippen molar-refractivity contribution in [3.8, 4) is 0 Å². The molecular formula is C26H37N7. The number of imidazole rings is 1. The predicted molar refractivity (Wildman–Crippen MR) is 132 cm³/mol. The van der Waals surface area contributed by atoms with E-state index in [1.807, 2.05) is 18.5 Å². The second-order valence-corrected chi connectivity index (χ2v) is 10.1. The molecule has 7 heteroatoms. The fourth-order valence-electron chi connectivity index (χ4n) is 5.26. The van der Waals surface area contributed by atoms with Gasteiger partial charge in [-0.2, -0.15) is 0 Å². The highest BCUT2D eigenvalue weighted by atomic mass is 15.3. The van der Waals surface area contributed by atoms with Gasteiger partial charge in [-0.15, -0.1) is 0 Å². The van der Waals surface area contributed by atoms with E-state index in [0.29, 0.717) is 6.04 Å². The molecule has 3 aromatic rings. The summed E-state index contributed by atoms with van der Waals surface area (Å²) >= 11 is 0. The van der Waals surface area contributed by atoms with E-state index in [4.69, 9.17) is 15.0 Å². The fraction of sp³-hybridized carbons (Fsp3) is 0.577. The molecule has 3 aromatic heterocycles. The summed E-state index contributed by atoms with van der Waals surface area (Å²) in [6.07, 6.45) is 10.8. The molecule has 0 bridgehead atoms. The van der Waals surface area contributed by atoms with E-state index >= 15 is 0 Å². The summed E-state index contributed by atoms with van der Waals surface area (Å²) in [7, 11) is 2.20. The van der Waals surface area contributed by atoms with Crippen molar-refractivity contribution in [1.29, 1.82) is 0 Å². The average Bonchev–Trinajstić information content (AvgIpc) is 3.25. The van der Waals surface area contributed by atoms with Crippen molar-refractivity contribution in [3.63, 3.8) is 0 Å². The molecule has 0 aromatic carbocycles. The van der Waals surface area contributed by atoms with E-state index in [9.17, 15) is 0 Å². The number of anilines is 1. The van der Waals surface area contributed by atoms with Gasteiger partial charge in [-0.25, -0.2) is 9.97 Å². The fourth-order valence-corrected chi connectivity index (χ4v) is 5.26. The van der Waals surface area contributed by atoms with Gasteiger partial charge in [-0.05, 0) is 62.9 Å². The van der Waals surface area contributed by atoms with Crippen LogP contribution in [0.5, 0.6) is 0 Å². The highest BCUT2D eigenvalue weighted by molar-refractivity contribution is 5.48. The van der Waals surface area contributed by atoms with Gasteiger partial charge in [-0.3, -0.25) is 19.2 Å². The second kappa shape index (κ2) is 9.77. The smallest absolute Gasteiger partial charge is 0.211 e. The van der Waals surface area contributed by atoms with Crippen LogP contribution in [0.2, 0.25) is 0 Å². The molecule has 0 spiro atoms. The van der Waals surface area contributed by atoms with Crippen molar-refractivity contribution in [2.75, 3.05) is 44.7 Å². The predicted octanol–water partition coefficient (Wildman–Crippen LogP) is 3.80. The zero-order chi connectivity index (χ0) is 22.8. The maximum atomic E-state index is 4.95. The molecule has 4 heterocycles. The Morgan fingerprint density at radius 3 is 2.76 bits per heavy atom. The van der Waals surface area contributed by atoms with Gasteiger partial charge in [0.15, 0.2) is 0 Å². The molecule has 176 valence electrons. The Balaban J connectivity index is 1.29. The van der Waals surface area contributed by atoms with Crippen molar-refractivity contribution >= 4 is 11.6 Å². The average molecular weight is 448 g/mol. The first-order valence-electron chi connectivity index (χ1n) is 12.5. The van der Waals surface area contributed by atoms with Gasteiger partial charge in [0.05, 0.1) is 17.4 Å². The van der Waals surface area contributed by atoms with Crippen LogP contribution >= 0.6 is 0 Å². The van der Waals surface area contributed by atoms with Crippen molar-refractivity contribution in [2.24, 2.45) is 5.92 Å². The second-order valence-electron chi connectivity index (χ2n) is 10.1. The Kier molecular flexibility index (Phi) is 6.60. The molecular weight excluding hydrogens is 410 g/mol. The van der Waals surface area contributed by atoms with Gasteiger partial charge in [0.25, 0.3) is 0 Å². The SMILES string of the molecule is CC(C)CCN1CCN(c2nccc3nc(CN(C)[C@H]4CCCc5cccnc54)cn23)CC1. The summed E-state index contributed by atoms with van der Waals surface area (Å²) in [5.74, 6) is 1.78. The molecule has 0 unspecified atom stereocenters. The summed E-state index contributed by atoms with van der Waals surface area (Å²) in [4.78, 5) is 21.8. The normalized spacial score (nSPS) is 19.5. The number of rotatable bonds is 7. The summed E-state index contributed by atoms with van der Waals surface area (Å²) in [5.41, 5.74) is 4.71. The van der Waals surface area contributed by atoms with E-state index in [2.05, 4.69) is 58.3 Å². The van der Waals surface area contributed by atoms with Crippen LogP contribution in [0.4, 0.5) is 5.95 Å². The highest BCUT2D eigenvalue weighted by Gasteiger charge is 2.26. The Morgan fingerprint density at radius 1 is 1.09 bits per heavy atom. The van der Waals surface area contributed by atoms with Crippen LogP contribution in [0.1, 0.15) is 56.1 Å². The number of piperazine rings is 1. The van der Waals surface area contributed by atoms with Gasteiger partial charge in [-0.1, -0.05) is 19.9 Å². The maximum Gasteiger partial charge on any atom is 0.211 e. The van der Waals surface area contributed by atoms with Crippen LogP contribution in [0.25, 0.3) is 5.65 Å². The summed E-state index contributed by atoms with van der Waals surface area (Å²) in [6.45, 7) is 10.8. The molecule has 7 nitrogen and oxygen atoms in total. The molecule has 33 heavy (non-hydrogen) atoms. The molecule has 1 atom stereocenters. The number of pyridine rings is 1. The Morgan fingerprint density at radius 2 is 1.94 bits per heavy atom. The van der Waals surface area contributed by atoms with E-state index in [0.717, 1.165) is 68.8 Å². The first-order chi connectivity index (χ1) is 16.1. The minimum Gasteiger partial charge on any atom is -0.339 e. The van der Waals surface area contributed by atoms with Crippen LogP contribution in [0, 0.1) is 5.92 Å². The van der Waals surface area contributed by atoms with Gasteiger partial charge in [0.1, 0.15) is 5.65 Å². The molecule has 5 rings (SSSR count). The zero-order valence-electron chi connectivity index (χ0n) is 20.3. The summed E-state index contributed by atoms with van der Waals surface area (Å²) < 4.78 is 2.18. The molecule has 1 fully saturated rings. The first-order valence-corrected chi connectivity index (χ1v) is 12.5. The third kappa shape index (κ3) is 4.89. The zero-order valence-corrected chi connectivity index (χ0v) is 20.3. The van der Waals surface area contributed by atoms with Crippen LogP contribution < -0.4 is 4.90 Å². The van der Waals surface area contributed by atoms with Crippen molar-refractivity contribution in [1.82, 2.24) is 29.2 Å². The Hall–Kier alpha value is -2.51. The lowest BCUT2D eigenvalue weighted by Gasteiger charge is -2.35. The van der Waals surface area contributed by atoms with Crippen LogP contribution in [-0.2, 0) is 13.0 Å². The maximum absolute atomic E-state index is 4.95. The third-order valence-corrected chi connectivity index (χ3v) is 7.20. The topological polar surface area (TPSA) is 52.8 Å². The quantitative estimate of drug-likeness (QED) is 0.549. The molecule has 0 amide bonds. The summed E-state index contributed by atoms with van der Waals surface area (Å²) in [6, 6.07) is 6.66. The largest absolute Gasteiger partial charge is 0.339 e. The van der Waals surface area contributed by atoms with E-state index < -0.39 is 0 Å². The Bertz CT molecular complexity index is 1070. The van der Waals surface area contributed by atoms with Crippen LogP contribution in [0.3, 0.4) is 0 Å². The van der Waals surface area contributed by atoms with E-state index in [1.54, 1.807) is 0 Å². The molecule has 0 N–H and O–H groups in total. The van der Waals surface area contributed by atoms with Crippen molar-refractivity contribution in [2.45, 2.75) is 52.1 Å². The molecule has 1 saturated heterocycles. The van der Waals surface area contributed by atoms with Gasteiger partial charge >= 0.3 is 0 Å². The summed E-state index contributed by atoms with van der Waals surface area (Å²) in [5, 5.41) is 0.